The van der Waals surface area contributed by atoms with E-state index < -0.39 is 11.7 Å². The Kier molecular flexibility index (Phi) is 7.55. The highest BCUT2D eigenvalue weighted by atomic mass is 16.6. The lowest BCUT2D eigenvalue weighted by Crippen LogP contribution is -2.36. The van der Waals surface area contributed by atoms with Gasteiger partial charge in [0.1, 0.15) is 28.7 Å². The molecule has 0 unspecified atom stereocenters. The summed E-state index contributed by atoms with van der Waals surface area (Å²) in [7, 11) is 0. The molecule has 2 atom stereocenters. The predicted octanol–water partition coefficient (Wildman–Crippen LogP) is 7.15. The molecule has 11 heteroatoms. The molecule has 11 nitrogen and oxygen atoms in total. The first-order chi connectivity index (χ1) is 20.6. The number of amides is 2. The summed E-state index contributed by atoms with van der Waals surface area (Å²) in [6.45, 7) is 6.77. The lowest BCUT2D eigenvalue weighted by Gasteiger charge is -2.27. The van der Waals surface area contributed by atoms with Crippen molar-refractivity contribution in [3.05, 3.63) is 72.6 Å². The third kappa shape index (κ3) is 6.20. The van der Waals surface area contributed by atoms with E-state index in [-0.39, 0.29) is 18.2 Å². The zero-order valence-electron chi connectivity index (χ0n) is 24.5. The van der Waals surface area contributed by atoms with E-state index >= 15 is 0 Å². The van der Waals surface area contributed by atoms with E-state index in [0.29, 0.717) is 30.4 Å². The fourth-order valence-corrected chi connectivity index (χ4v) is 5.74. The molecule has 3 N–H and O–H groups in total. The number of carbonyl (C=O) groups excluding carboxylic acids is 1. The Balaban J connectivity index is 1.12. The predicted molar refractivity (Wildman–Crippen MR) is 160 cm³/mol. The third-order valence-electron chi connectivity index (χ3n) is 7.75. The van der Waals surface area contributed by atoms with E-state index in [1.807, 2.05) is 69.3 Å². The summed E-state index contributed by atoms with van der Waals surface area (Å²) in [5.74, 6) is 2.76. The fraction of sp³-hybridized carbons (Fsp3) is 0.375. The van der Waals surface area contributed by atoms with Gasteiger partial charge in [-0.1, -0.05) is 12.1 Å². The Hall–Kier alpha value is -4.80. The molecule has 0 saturated carbocycles. The van der Waals surface area contributed by atoms with Gasteiger partial charge in [0.25, 0.3) is 0 Å². The van der Waals surface area contributed by atoms with Crippen LogP contribution in [0.5, 0.6) is 11.5 Å². The Morgan fingerprint density at radius 1 is 0.837 bits per heavy atom. The first-order valence-electron chi connectivity index (χ1n) is 14.6. The molecular formula is C32H36N6O5. The van der Waals surface area contributed by atoms with E-state index in [9.17, 15) is 14.7 Å². The summed E-state index contributed by atoms with van der Waals surface area (Å²) < 4.78 is 11.8. The van der Waals surface area contributed by atoms with Crippen molar-refractivity contribution in [1.82, 2.24) is 29.7 Å². The van der Waals surface area contributed by atoms with Crippen LogP contribution in [0.15, 0.2) is 60.9 Å². The Labute approximate surface area is 249 Å². The van der Waals surface area contributed by atoms with Crippen molar-refractivity contribution in [3.63, 3.8) is 0 Å². The molecule has 0 aliphatic carbocycles. The maximum atomic E-state index is 12.8. The molecule has 224 valence electrons. The molecule has 2 aliphatic heterocycles. The van der Waals surface area contributed by atoms with E-state index in [2.05, 4.69) is 19.9 Å². The topological polar surface area (TPSA) is 137 Å². The van der Waals surface area contributed by atoms with Crippen molar-refractivity contribution in [3.8, 4) is 34.0 Å². The number of aromatic nitrogens is 4. The lowest BCUT2D eigenvalue weighted by atomic mass is 10.1. The first-order valence-corrected chi connectivity index (χ1v) is 14.6. The van der Waals surface area contributed by atoms with Gasteiger partial charge in [-0.05, 0) is 88.4 Å². The Morgan fingerprint density at radius 2 is 1.44 bits per heavy atom. The molecule has 2 fully saturated rings. The van der Waals surface area contributed by atoms with Crippen molar-refractivity contribution in [1.29, 1.82) is 0 Å². The molecule has 2 saturated heterocycles. The van der Waals surface area contributed by atoms with Crippen LogP contribution in [0.2, 0.25) is 0 Å². The normalized spacial score (nSPS) is 18.7. The summed E-state index contributed by atoms with van der Waals surface area (Å²) in [5.41, 5.74) is 2.95. The summed E-state index contributed by atoms with van der Waals surface area (Å²) in [4.78, 5) is 43.2. The molecule has 2 aliphatic rings. The molecule has 6 rings (SSSR count). The minimum absolute atomic E-state index is 0.151. The lowest BCUT2D eigenvalue weighted by molar-refractivity contribution is 0.0218. The van der Waals surface area contributed by atoms with Gasteiger partial charge in [-0.3, -0.25) is 9.80 Å². The smallest absolute Gasteiger partial charge is 0.410 e. The van der Waals surface area contributed by atoms with E-state index in [0.717, 1.165) is 54.0 Å². The van der Waals surface area contributed by atoms with Crippen molar-refractivity contribution in [2.24, 2.45) is 0 Å². The molecule has 4 heterocycles. The van der Waals surface area contributed by atoms with Gasteiger partial charge >= 0.3 is 12.2 Å². The summed E-state index contributed by atoms with van der Waals surface area (Å²) in [6.07, 6.45) is 5.60. The number of rotatable bonds is 6. The van der Waals surface area contributed by atoms with Crippen LogP contribution >= 0.6 is 0 Å². The van der Waals surface area contributed by atoms with Crippen LogP contribution in [-0.2, 0) is 4.74 Å². The number of hydrogen-bond acceptors (Lipinski definition) is 6. The number of likely N-dealkylation sites (tertiary alicyclic amines) is 2. The maximum Gasteiger partial charge on any atom is 0.410 e. The van der Waals surface area contributed by atoms with Gasteiger partial charge in [0.05, 0.1) is 35.9 Å². The molecule has 43 heavy (non-hydrogen) atoms. The van der Waals surface area contributed by atoms with Crippen LogP contribution in [0.3, 0.4) is 0 Å². The molecule has 4 aromatic rings. The number of carboxylic acid groups (broad SMARTS) is 1. The van der Waals surface area contributed by atoms with Crippen LogP contribution < -0.4 is 4.74 Å². The highest BCUT2D eigenvalue weighted by Gasteiger charge is 2.35. The number of benzene rings is 2. The van der Waals surface area contributed by atoms with Crippen molar-refractivity contribution in [2.75, 3.05) is 13.1 Å². The van der Waals surface area contributed by atoms with E-state index in [1.165, 1.54) is 4.90 Å². The Bertz CT molecular complexity index is 1600. The summed E-state index contributed by atoms with van der Waals surface area (Å²) in [5, 5.41) is 9.46. The van der Waals surface area contributed by atoms with Gasteiger partial charge in [-0.25, -0.2) is 19.6 Å². The zero-order valence-corrected chi connectivity index (χ0v) is 24.5. The average molecular weight is 585 g/mol. The number of carbonyl (C=O) groups is 2. The molecule has 2 amide bonds. The van der Waals surface area contributed by atoms with Crippen molar-refractivity contribution in [2.45, 2.75) is 64.1 Å². The highest BCUT2D eigenvalue weighted by molar-refractivity contribution is 5.69. The Morgan fingerprint density at radius 3 is 2.07 bits per heavy atom. The number of imidazole rings is 2. The highest BCUT2D eigenvalue weighted by Crippen LogP contribution is 2.35. The van der Waals surface area contributed by atoms with Gasteiger partial charge in [0, 0.05) is 18.7 Å². The number of ether oxygens (including phenoxy) is 2. The SMILES string of the molecule is CC(C)(C)OC(=O)N1CCC[C@H]1c1ncc(-c2cccc(Oc3ccc(-c4cnc([C@@H]5CCCN5C(=O)O)[nH]4)cc3)c2)[nH]1. The van der Waals surface area contributed by atoms with Crippen LogP contribution in [0, 0.1) is 0 Å². The molecule has 0 radical (unpaired) electrons. The quantitative estimate of drug-likeness (QED) is 0.219. The second-order valence-electron chi connectivity index (χ2n) is 12.0. The van der Waals surface area contributed by atoms with Gasteiger partial charge < -0.3 is 24.5 Å². The van der Waals surface area contributed by atoms with Gasteiger partial charge in [0.15, 0.2) is 0 Å². The molecule has 2 aromatic carbocycles. The summed E-state index contributed by atoms with van der Waals surface area (Å²) >= 11 is 0. The second kappa shape index (κ2) is 11.5. The van der Waals surface area contributed by atoms with E-state index in [4.69, 9.17) is 9.47 Å². The summed E-state index contributed by atoms with van der Waals surface area (Å²) in [6, 6.07) is 15.0. The fourth-order valence-electron chi connectivity index (χ4n) is 5.74. The standard InChI is InChI=1S/C32H36N6O5/c1-32(2,3)43-31(41)38-16-6-10-27(38)29-34-19-25(36-29)21-7-4-8-23(17-21)42-22-13-11-20(12-14-22)24-18-33-28(35-24)26-9-5-15-37(26)30(39)40/h4,7-8,11-14,17-19,26-27H,5-6,9-10,15-16H2,1-3H3,(H,33,35)(H,34,36)(H,39,40)/t26-,27-/m0/s1. The first kappa shape index (κ1) is 28.3. The minimum Gasteiger partial charge on any atom is -0.465 e. The van der Waals surface area contributed by atoms with Crippen LogP contribution in [0.25, 0.3) is 22.5 Å². The molecular weight excluding hydrogens is 548 g/mol. The van der Waals surface area contributed by atoms with Crippen LogP contribution in [0.4, 0.5) is 9.59 Å². The molecule has 0 bridgehead atoms. The molecule has 0 spiro atoms. The third-order valence-corrected chi connectivity index (χ3v) is 7.75. The van der Waals surface area contributed by atoms with Crippen LogP contribution in [-0.4, -0.2) is 65.7 Å². The van der Waals surface area contributed by atoms with E-state index in [1.54, 1.807) is 17.3 Å². The average Bonchev–Trinajstić information content (AvgIpc) is 3.78. The van der Waals surface area contributed by atoms with Crippen molar-refractivity contribution >= 4 is 12.2 Å². The number of nitrogens with one attached hydrogen (secondary N) is 2. The van der Waals surface area contributed by atoms with Crippen LogP contribution in [0.1, 0.15) is 70.2 Å². The van der Waals surface area contributed by atoms with Gasteiger partial charge in [-0.15, -0.1) is 0 Å². The number of nitrogens with zero attached hydrogens (tertiary/aromatic N) is 4. The number of aromatic amines is 2. The number of H-pyrrole nitrogens is 2. The second-order valence-corrected chi connectivity index (χ2v) is 12.0. The van der Waals surface area contributed by atoms with Gasteiger partial charge in [0.2, 0.25) is 0 Å². The minimum atomic E-state index is -0.919. The van der Waals surface area contributed by atoms with Crippen molar-refractivity contribution < 1.29 is 24.2 Å². The number of hydrogen-bond donors (Lipinski definition) is 3. The maximum absolute atomic E-state index is 12.8. The molecule has 2 aromatic heterocycles. The zero-order chi connectivity index (χ0) is 30.1. The largest absolute Gasteiger partial charge is 0.465 e. The monoisotopic (exact) mass is 584 g/mol. The van der Waals surface area contributed by atoms with Gasteiger partial charge in [-0.2, -0.15) is 0 Å².